The van der Waals surface area contributed by atoms with Crippen LogP contribution in [0.2, 0.25) is 0 Å². The molecule has 0 aliphatic rings. The van der Waals surface area contributed by atoms with Crippen molar-refractivity contribution in [3.63, 3.8) is 0 Å². The molecule has 1 N–H and O–H groups in total. The van der Waals surface area contributed by atoms with Crippen LogP contribution in [0, 0.1) is 5.82 Å². The Morgan fingerprint density at radius 2 is 1.89 bits per heavy atom. The second-order valence-electron chi connectivity index (χ2n) is 4.06. The third-order valence-corrected chi connectivity index (χ3v) is 2.85. The highest BCUT2D eigenvalue weighted by Gasteiger charge is 2.08. The van der Waals surface area contributed by atoms with Crippen molar-refractivity contribution in [3.05, 3.63) is 48.7 Å². The molecule has 94 valence electrons. The Labute approximate surface area is 109 Å². The van der Waals surface area contributed by atoms with E-state index < -0.39 is 0 Å². The lowest BCUT2D eigenvalue weighted by molar-refractivity contribution is 0.629. The third-order valence-electron chi connectivity index (χ3n) is 2.85. The summed E-state index contributed by atoms with van der Waals surface area (Å²) < 4.78 is 13.1. The van der Waals surface area contributed by atoms with Crippen LogP contribution in [0.4, 0.5) is 10.2 Å². The van der Waals surface area contributed by atoms with E-state index in [2.05, 4.69) is 20.3 Å². The minimum Gasteiger partial charge on any atom is -0.371 e. The standard InChI is InChI=1S/C14H11FN4/c1-16-14-13(17-4-5-18-14)10-6-9-2-3-11(15)7-12(9)19-8-10/h2-8H,1H3,(H,16,18). The van der Waals surface area contributed by atoms with Crippen molar-refractivity contribution in [1.82, 2.24) is 15.0 Å². The minimum atomic E-state index is -0.289. The van der Waals surface area contributed by atoms with Crippen molar-refractivity contribution in [2.45, 2.75) is 0 Å². The fraction of sp³-hybridized carbons (Fsp3) is 0.0714. The molecule has 0 unspecified atom stereocenters. The SMILES string of the molecule is CNc1nccnc1-c1cnc2cc(F)ccc2c1. The van der Waals surface area contributed by atoms with Gasteiger partial charge >= 0.3 is 0 Å². The van der Waals surface area contributed by atoms with Crippen molar-refractivity contribution >= 4 is 16.7 Å². The Kier molecular flexibility index (Phi) is 2.79. The van der Waals surface area contributed by atoms with Gasteiger partial charge in [0.15, 0.2) is 5.82 Å². The largest absolute Gasteiger partial charge is 0.371 e. The van der Waals surface area contributed by atoms with E-state index in [4.69, 9.17) is 0 Å². The van der Waals surface area contributed by atoms with E-state index in [0.717, 1.165) is 16.6 Å². The molecule has 3 rings (SSSR count). The number of nitrogens with one attached hydrogen (secondary N) is 1. The number of rotatable bonds is 2. The highest BCUT2D eigenvalue weighted by atomic mass is 19.1. The number of hydrogen-bond donors (Lipinski definition) is 1. The molecule has 0 radical (unpaired) electrons. The molecule has 0 aliphatic heterocycles. The highest BCUT2D eigenvalue weighted by molar-refractivity contribution is 5.84. The van der Waals surface area contributed by atoms with Crippen molar-refractivity contribution in [3.8, 4) is 11.3 Å². The monoisotopic (exact) mass is 254 g/mol. The van der Waals surface area contributed by atoms with Crippen molar-refractivity contribution < 1.29 is 4.39 Å². The quantitative estimate of drug-likeness (QED) is 0.764. The van der Waals surface area contributed by atoms with Gasteiger partial charge in [-0.1, -0.05) is 0 Å². The number of halogens is 1. The first-order valence-electron chi connectivity index (χ1n) is 5.82. The molecule has 1 aromatic carbocycles. The second kappa shape index (κ2) is 4.61. The van der Waals surface area contributed by atoms with Gasteiger partial charge in [-0.25, -0.2) is 9.37 Å². The lowest BCUT2D eigenvalue weighted by Crippen LogP contribution is -1.97. The topological polar surface area (TPSA) is 50.7 Å². The Morgan fingerprint density at radius 1 is 1.05 bits per heavy atom. The minimum absolute atomic E-state index is 0.289. The molecule has 0 spiro atoms. The van der Waals surface area contributed by atoms with Crippen LogP contribution in [0.5, 0.6) is 0 Å². The zero-order valence-corrected chi connectivity index (χ0v) is 10.3. The van der Waals surface area contributed by atoms with Crippen LogP contribution in [-0.4, -0.2) is 22.0 Å². The molecule has 2 aromatic heterocycles. The van der Waals surface area contributed by atoms with Gasteiger partial charge in [0.2, 0.25) is 0 Å². The summed E-state index contributed by atoms with van der Waals surface area (Å²) in [4.78, 5) is 12.8. The van der Waals surface area contributed by atoms with E-state index in [1.807, 2.05) is 6.07 Å². The molecule has 0 atom stereocenters. The van der Waals surface area contributed by atoms with Crippen LogP contribution < -0.4 is 5.32 Å². The first-order valence-corrected chi connectivity index (χ1v) is 5.82. The van der Waals surface area contributed by atoms with E-state index in [1.54, 1.807) is 31.7 Å². The lowest BCUT2D eigenvalue weighted by Gasteiger charge is -2.07. The fourth-order valence-electron chi connectivity index (χ4n) is 1.96. The van der Waals surface area contributed by atoms with Crippen molar-refractivity contribution in [2.75, 3.05) is 12.4 Å². The lowest BCUT2D eigenvalue weighted by atomic mass is 10.1. The van der Waals surface area contributed by atoms with Crippen LogP contribution in [0.3, 0.4) is 0 Å². The van der Waals surface area contributed by atoms with Crippen LogP contribution in [-0.2, 0) is 0 Å². The molecule has 0 fully saturated rings. The first-order chi connectivity index (χ1) is 9.28. The Balaban J connectivity index is 2.18. The Hall–Kier alpha value is -2.56. The summed E-state index contributed by atoms with van der Waals surface area (Å²) in [6, 6.07) is 6.46. The smallest absolute Gasteiger partial charge is 0.152 e. The van der Waals surface area contributed by atoms with Crippen LogP contribution in [0.1, 0.15) is 0 Å². The summed E-state index contributed by atoms with van der Waals surface area (Å²) >= 11 is 0. The van der Waals surface area contributed by atoms with E-state index in [-0.39, 0.29) is 5.82 Å². The summed E-state index contributed by atoms with van der Waals surface area (Å²) in [5.74, 6) is 0.397. The zero-order chi connectivity index (χ0) is 13.2. The summed E-state index contributed by atoms with van der Waals surface area (Å²) in [6.45, 7) is 0. The molecule has 3 aromatic rings. The Bertz CT molecular complexity index is 742. The predicted octanol–water partition coefficient (Wildman–Crippen LogP) is 2.87. The predicted molar refractivity (Wildman–Crippen MR) is 72.3 cm³/mol. The van der Waals surface area contributed by atoms with Gasteiger partial charge in [-0.05, 0) is 18.2 Å². The summed E-state index contributed by atoms with van der Waals surface area (Å²) in [5.41, 5.74) is 2.19. The van der Waals surface area contributed by atoms with E-state index in [1.165, 1.54) is 12.1 Å². The number of nitrogens with zero attached hydrogens (tertiary/aromatic N) is 3. The van der Waals surface area contributed by atoms with E-state index in [9.17, 15) is 4.39 Å². The average Bonchev–Trinajstić information content (AvgIpc) is 2.46. The van der Waals surface area contributed by atoms with Gasteiger partial charge in [-0.15, -0.1) is 0 Å². The van der Waals surface area contributed by atoms with Crippen molar-refractivity contribution in [2.24, 2.45) is 0 Å². The molecule has 5 heteroatoms. The highest BCUT2D eigenvalue weighted by Crippen LogP contribution is 2.25. The van der Waals surface area contributed by atoms with Gasteiger partial charge in [0, 0.05) is 42.7 Å². The maximum absolute atomic E-state index is 13.1. The number of benzene rings is 1. The number of anilines is 1. The Morgan fingerprint density at radius 3 is 2.74 bits per heavy atom. The molecule has 19 heavy (non-hydrogen) atoms. The van der Waals surface area contributed by atoms with Gasteiger partial charge in [-0.2, -0.15) is 0 Å². The van der Waals surface area contributed by atoms with Gasteiger partial charge < -0.3 is 5.32 Å². The van der Waals surface area contributed by atoms with Gasteiger partial charge in [-0.3, -0.25) is 9.97 Å². The third kappa shape index (κ3) is 2.10. The molecule has 2 heterocycles. The first kappa shape index (κ1) is 11.5. The molecule has 4 nitrogen and oxygen atoms in total. The van der Waals surface area contributed by atoms with E-state index in [0.29, 0.717) is 11.3 Å². The molecule has 0 saturated heterocycles. The number of aromatic nitrogens is 3. The number of pyridine rings is 1. The molecule has 0 saturated carbocycles. The van der Waals surface area contributed by atoms with Crippen LogP contribution >= 0.6 is 0 Å². The van der Waals surface area contributed by atoms with E-state index >= 15 is 0 Å². The van der Waals surface area contributed by atoms with Crippen molar-refractivity contribution in [1.29, 1.82) is 0 Å². The fourth-order valence-corrected chi connectivity index (χ4v) is 1.96. The normalized spacial score (nSPS) is 10.6. The molecular formula is C14H11FN4. The molecule has 0 bridgehead atoms. The summed E-state index contributed by atoms with van der Waals surface area (Å²) in [5, 5.41) is 3.86. The van der Waals surface area contributed by atoms with Gasteiger partial charge in [0.1, 0.15) is 11.5 Å². The van der Waals surface area contributed by atoms with Gasteiger partial charge in [0.25, 0.3) is 0 Å². The maximum atomic E-state index is 13.1. The zero-order valence-electron chi connectivity index (χ0n) is 10.3. The van der Waals surface area contributed by atoms with Crippen LogP contribution in [0.25, 0.3) is 22.2 Å². The summed E-state index contributed by atoms with van der Waals surface area (Å²) in [7, 11) is 1.79. The van der Waals surface area contributed by atoms with Gasteiger partial charge in [0.05, 0.1) is 5.52 Å². The molecule has 0 amide bonds. The number of hydrogen-bond acceptors (Lipinski definition) is 4. The molecule has 0 aliphatic carbocycles. The van der Waals surface area contributed by atoms with Crippen LogP contribution in [0.15, 0.2) is 42.9 Å². The number of fused-ring (bicyclic) bond motifs is 1. The average molecular weight is 254 g/mol. The molecular weight excluding hydrogens is 243 g/mol. The second-order valence-corrected chi connectivity index (χ2v) is 4.06. The summed E-state index contributed by atoms with van der Waals surface area (Å²) in [6.07, 6.45) is 4.93. The maximum Gasteiger partial charge on any atom is 0.152 e.